The lowest BCUT2D eigenvalue weighted by atomic mass is 9.75. The minimum absolute atomic E-state index is 0.197. The Balaban J connectivity index is 1.76. The number of piperidine rings is 1. The second kappa shape index (κ2) is 6.02. The molecule has 2 aliphatic rings. The number of hydrogen-bond acceptors (Lipinski definition) is 3. The Morgan fingerprint density at radius 1 is 1.23 bits per heavy atom. The van der Waals surface area contributed by atoms with Crippen molar-refractivity contribution in [3.63, 3.8) is 0 Å². The summed E-state index contributed by atoms with van der Waals surface area (Å²) >= 11 is 0. The molecule has 1 saturated heterocycles. The van der Waals surface area contributed by atoms with E-state index >= 15 is 0 Å². The van der Waals surface area contributed by atoms with Crippen molar-refractivity contribution in [2.45, 2.75) is 32.1 Å². The molecule has 1 aliphatic heterocycles. The highest BCUT2D eigenvalue weighted by molar-refractivity contribution is 5.95. The third kappa shape index (κ3) is 2.82. The molecule has 0 bridgehead atoms. The Morgan fingerprint density at radius 3 is 2.68 bits per heavy atom. The van der Waals surface area contributed by atoms with Gasteiger partial charge in [-0.15, -0.1) is 0 Å². The highest BCUT2D eigenvalue weighted by Gasteiger charge is 2.33. The van der Waals surface area contributed by atoms with Crippen LogP contribution >= 0.6 is 0 Å². The molecule has 1 aliphatic carbocycles. The third-order valence-electron chi connectivity index (χ3n) is 4.97. The Hall–Kier alpha value is -1.98. The van der Waals surface area contributed by atoms with E-state index in [4.69, 9.17) is 0 Å². The largest absolute Gasteiger partial charge is 0.338 e. The van der Waals surface area contributed by atoms with Crippen molar-refractivity contribution in [3.8, 4) is 0 Å². The second-order valence-electron chi connectivity index (χ2n) is 6.27. The molecule has 5 nitrogen and oxygen atoms in total. The summed E-state index contributed by atoms with van der Waals surface area (Å²) in [7, 11) is 0. The van der Waals surface area contributed by atoms with Gasteiger partial charge in [-0.3, -0.25) is 14.9 Å². The number of rotatable bonds is 2. The number of hydrogen-bond donors (Lipinski definition) is 0. The first kappa shape index (κ1) is 14.9. The van der Waals surface area contributed by atoms with Crippen molar-refractivity contribution in [2.24, 2.45) is 11.8 Å². The first-order valence-electron chi connectivity index (χ1n) is 7.79. The van der Waals surface area contributed by atoms with E-state index in [1.54, 1.807) is 4.90 Å². The van der Waals surface area contributed by atoms with Crippen LogP contribution in [0.5, 0.6) is 0 Å². The fraction of sp³-hybridized carbons (Fsp3) is 0.562. The predicted molar refractivity (Wildman–Crippen MR) is 79.0 cm³/mol. The molecule has 0 radical (unpaired) electrons. The number of carbonyl (C=O) groups excluding carboxylic acids is 1. The van der Waals surface area contributed by atoms with Crippen molar-refractivity contribution in [1.29, 1.82) is 0 Å². The van der Waals surface area contributed by atoms with Gasteiger partial charge in [-0.25, -0.2) is 0 Å². The van der Waals surface area contributed by atoms with E-state index in [0.29, 0.717) is 24.9 Å². The van der Waals surface area contributed by atoms with Crippen LogP contribution < -0.4 is 0 Å². The summed E-state index contributed by atoms with van der Waals surface area (Å²) in [6, 6.07) is 3.38. The van der Waals surface area contributed by atoms with Gasteiger partial charge in [0.2, 0.25) is 5.82 Å². The summed E-state index contributed by atoms with van der Waals surface area (Å²) in [5, 5.41) is 10.8. The minimum Gasteiger partial charge on any atom is -0.338 e. The molecule has 1 aromatic rings. The van der Waals surface area contributed by atoms with Crippen molar-refractivity contribution in [3.05, 3.63) is 39.7 Å². The van der Waals surface area contributed by atoms with Crippen molar-refractivity contribution in [1.82, 2.24) is 4.90 Å². The SMILES string of the molecule is O=C(c1ccc(F)c([N+](=O)[O-])c1)N1CC[C@@H]2CCCC[C@@H]2C1. The predicted octanol–water partition coefficient (Wildman–Crippen LogP) is 3.39. The first-order valence-corrected chi connectivity index (χ1v) is 7.79. The number of carbonyl (C=O) groups is 1. The molecular weight excluding hydrogens is 287 g/mol. The second-order valence-corrected chi connectivity index (χ2v) is 6.27. The van der Waals surface area contributed by atoms with Gasteiger partial charge in [0, 0.05) is 24.7 Å². The Labute approximate surface area is 128 Å². The number of nitrogens with zero attached hydrogens (tertiary/aromatic N) is 2. The molecular formula is C16H19FN2O3. The highest BCUT2D eigenvalue weighted by Crippen LogP contribution is 2.36. The molecule has 22 heavy (non-hydrogen) atoms. The summed E-state index contributed by atoms with van der Waals surface area (Å²) < 4.78 is 13.4. The smallest absolute Gasteiger partial charge is 0.305 e. The lowest BCUT2D eigenvalue weighted by Crippen LogP contribution is -2.44. The van der Waals surface area contributed by atoms with Crippen LogP contribution in [0.2, 0.25) is 0 Å². The van der Waals surface area contributed by atoms with Gasteiger partial charge >= 0.3 is 5.69 Å². The number of likely N-dealkylation sites (tertiary alicyclic amines) is 1. The first-order chi connectivity index (χ1) is 10.6. The van der Waals surface area contributed by atoms with Gasteiger partial charge in [0.1, 0.15) is 0 Å². The fourth-order valence-corrected chi connectivity index (χ4v) is 3.75. The molecule has 1 aromatic carbocycles. The summed E-state index contributed by atoms with van der Waals surface area (Å²) in [4.78, 5) is 24.3. The van der Waals surface area contributed by atoms with Crippen molar-refractivity contribution < 1.29 is 14.1 Å². The summed E-state index contributed by atoms with van der Waals surface area (Å²) in [6.45, 7) is 1.40. The number of halogens is 1. The lowest BCUT2D eigenvalue weighted by molar-refractivity contribution is -0.387. The topological polar surface area (TPSA) is 63.4 Å². The maximum Gasteiger partial charge on any atom is 0.305 e. The molecule has 0 spiro atoms. The van der Waals surface area contributed by atoms with Crippen LogP contribution in [-0.4, -0.2) is 28.8 Å². The van der Waals surface area contributed by atoms with E-state index in [1.807, 2.05) is 0 Å². The van der Waals surface area contributed by atoms with Crippen LogP contribution in [0.15, 0.2) is 18.2 Å². The van der Waals surface area contributed by atoms with Crippen LogP contribution in [0.4, 0.5) is 10.1 Å². The van der Waals surface area contributed by atoms with Crippen molar-refractivity contribution in [2.75, 3.05) is 13.1 Å². The number of benzene rings is 1. The maximum absolute atomic E-state index is 13.4. The van der Waals surface area contributed by atoms with Crippen LogP contribution in [0.3, 0.4) is 0 Å². The average molecular weight is 306 g/mol. The zero-order valence-electron chi connectivity index (χ0n) is 12.3. The average Bonchev–Trinajstić information content (AvgIpc) is 2.54. The molecule has 2 atom stereocenters. The molecule has 1 saturated carbocycles. The van der Waals surface area contributed by atoms with Gasteiger partial charge in [0.25, 0.3) is 5.91 Å². The normalized spacial score (nSPS) is 24.7. The fourth-order valence-electron chi connectivity index (χ4n) is 3.75. The summed E-state index contributed by atoms with van der Waals surface area (Å²) in [5.74, 6) is 0.113. The van der Waals surface area contributed by atoms with Gasteiger partial charge in [-0.2, -0.15) is 4.39 Å². The van der Waals surface area contributed by atoms with Gasteiger partial charge in [-0.1, -0.05) is 19.3 Å². The van der Waals surface area contributed by atoms with Crippen molar-refractivity contribution >= 4 is 11.6 Å². The maximum atomic E-state index is 13.4. The Bertz CT molecular complexity index is 605. The lowest BCUT2D eigenvalue weighted by Gasteiger charge is -2.41. The quantitative estimate of drug-likeness (QED) is 0.621. The zero-order chi connectivity index (χ0) is 15.7. The summed E-state index contributed by atoms with van der Waals surface area (Å²) in [5.41, 5.74) is -0.444. The third-order valence-corrected chi connectivity index (χ3v) is 4.97. The van der Waals surface area contributed by atoms with Gasteiger partial charge < -0.3 is 4.90 Å². The van der Waals surface area contributed by atoms with E-state index in [-0.39, 0.29) is 11.5 Å². The molecule has 2 fully saturated rings. The van der Waals surface area contributed by atoms with E-state index in [1.165, 1.54) is 25.3 Å². The number of fused-ring (bicyclic) bond motifs is 1. The monoisotopic (exact) mass is 306 g/mol. The van der Waals surface area contributed by atoms with E-state index < -0.39 is 16.4 Å². The standard InChI is InChI=1S/C16H19FN2O3/c17-14-6-5-12(9-15(14)19(21)22)16(20)18-8-7-11-3-1-2-4-13(11)10-18/h5-6,9,11,13H,1-4,7-8,10H2/t11-,13+/m0/s1. The molecule has 1 heterocycles. The van der Waals surface area contributed by atoms with E-state index in [9.17, 15) is 19.3 Å². The van der Waals surface area contributed by atoms with Gasteiger partial charge in [0.05, 0.1) is 4.92 Å². The molecule has 1 amide bonds. The zero-order valence-corrected chi connectivity index (χ0v) is 12.3. The number of nitro groups is 1. The van der Waals surface area contributed by atoms with E-state index in [2.05, 4.69) is 0 Å². The Kier molecular flexibility index (Phi) is 4.09. The van der Waals surface area contributed by atoms with Gasteiger partial charge in [-0.05, 0) is 36.8 Å². The van der Waals surface area contributed by atoms with Gasteiger partial charge in [0.15, 0.2) is 0 Å². The summed E-state index contributed by atoms with van der Waals surface area (Å²) in [6.07, 6.45) is 5.89. The molecule has 0 aromatic heterocycles. The van der Waals surface area contributed by atoms with E-state index in [0.717, 1.165) is 25.0 Å². The number of amides is 1. The number of nitro benzene ring substituents is 1. The molecule has 118 valence electrons. The highest BCUT2D eigenvalue weighted by atomic mass is 19.1. The van der Waals surface area contributed by atoms with Crippen LogP contribution in [-0.2, 0) is 0 Å². The molecule has 3 rings (SSSR count). The minimum atomic E-state index is -0.910. The van der Waals surface area contributed by atoms with Crippen LogP contribution in [0.25, 0.3) is 0 Å². The van der Waals surface area contributed by atoms with Crippen LogP contribution in [0.1, 0.15) is 42.5 Å². The molecule has 0 unspecified atom stereocenters. The van der Waals surface area contributed by atoms with Crippen LogP contribution in [0, 0.1) is 27.8 Å². The Morgan fingerprint density at radius 2 is 1.95 bits per heavy atom. The molecule has 0 N–H and O–H groups in total. The molecule has 6 heteroatoms.